The lowest BCUT2D eigenvalue weighted by molar-refractivity contribution is -0.00480. The highest BCUT2D eigenvalue weighted by Crippen LogP contribution is 2.66. The van der Waals surface area contributed by atoms with Crippen LogP contribution in [-0.2, 0) is 0 Å². The largest absolute Gasteiger partial charge is 0.0625 e. The molecule has 1 aliphatic carbocycles. The van der Waals surface area contributed by atoms with Crippen molar-refractivity contribution < 1.29 is 0 Å². The predicted molar refractivity (Wildman–Crippen MR) is 82.6 cm³/mol. The number of hydrogen-bond donors (Lipinski definition) is 0. The summed E-state index contributed by atoms with van der Waals surface area (Å²) in [5.74, 6) is 3.19. The van der Waals surface area contributed by atoms with Crippen molar-refractivity contribution in [2.45, 2.75) is 75.7 Å². The molecular weight excluding hydrogens is 216 g/mol. The van der Waals surface area contributed by atoms with Gasteiger partial charge in [-0.25, -0.2) is 0 Å². The zero-order valence-electron chi connectivity index (χ0n) is 14.5. The van der Waals surface area contributed by atoms with Crippen LogP contribution in [0.3, 0.4) is 0 Å². The fraction of sp³-hybridized carbons (Fsp3) is 1.00. The molecule has 0 heteroatoms. The highest BCUT2D eigenvalue weighted by molar-refractivity contribution is 5.08. The van der Waals surface area contributed by atoms with Crippen LogP contribution in [0.4, 0.5) is 0 Å². The lowest BCUT2D eigenvalue weighted by Crippen LogP contribution is -2.42. The Hall–Kier alpha value is 0. The van der Waals surface area contributed by atoms with E-state index in [1.807, 2.05) is 0 Å². The third-order valence-corrected chi connectivity index (χ3v) is 7.38. The molecule has 0 aromatic carbocycles. The van der Waals surface area contributed by atoms with Crippen molar-refractivity contribution in [2.24, 2.45) is 39.9 Å². The van der Waals surface area contributed by atoms with Gasteiger partial charge in [0.2, 0.25) is 0 Å². The van der Waals surface area contributed by atoms with Crippen molar-refractivity contribution in [3.8, 4) is 0 Å². The van der Waals surface area contributed by atoms with Gasteiger partial charge in [-0.05, 0) is 46.3 Å². The van der Waals surface area contributed by atoms with E-state index in [1.165, 1.54) is 6.42 Å². The van der Waals surface area contributed by atoms with Crippen molar-refractivity contribution >= 4 is 0 Å². The van der Waals surface area contributed by atoms with E-state index in [0.29, 0.717) is 16.2 Å². The molecule has 0 saturated heterocycles. The lowest BCUT2D eigenvalue weighted by atomic mass is 9.56. The molecule has 1 fully saturated rings. The van der Waals surface area contributed by atoms with E-state index in [2.05, 4.69) is 69.2 Å². The molecule has 0 N–H and O–H groups in total. The van der Waals surface area contributed by atoms with Crippen LogP contribution in [0.1, 0.15) is 75.7 Å². The van der Waals surface area contributed by atoms with Gasteiger partial charge in [0, 0.05) is 0 Å². The van der Waals surface area contributed by atoms with Crippen LogP contribution in [0.25, 0.3) is 0 Å². The van der Waals surface area contributed by atoms with Gasteiger partial charge in [-0.15, -0.1) is 0 Å². The average molecular weight is 252 g/mol. The zero-order valence-corrected chi connectivity index (χ0v) is 14.5. The van der Waals surface area contributed by atoms with Crippen molar-refractivity contribution in [3.05, 3.63) is 0 Å². The molecule has 1 saturated carbocycles. The Bertz CT molecular complexity index is 296. The van der Waals surface area contributed by atoms with Gasteiger partial charge in [-0.2, -0.15) is 0 Å². The Kier molecular flexibility index (Phi) is 4.04. The molecule has 0 aromatic heterocycles. The topological polar surface area (TPSA) is 0 Å². The number of rotatable bonds is 2. The summed E-state index contributed by atoms with van der Waals surface area (Å²) < 4.78 is 0. The molecule has 0 amide bonds. The summed E-state index contributed by atoms with van der Waals surface area (Å²) in [5.41, 5.74) is 1.34. The quantitative estimate of drug-likeness (QED) is 0.564. The van der Waals surface area contributed by atoms with Crippen molar-refractivity contribution in [1.29, 1.82) is 0 Å². The fourth-order valence-electron chi connectivity index (χ4n) is 4.66. The maximum absolute atomic E-state index is 2.56. The van der Waals surface area contributed by atoms with E-state index in [4.69, 9.17) is 0 Å². The highest BCUT2D eigenvalue weighted by Gasteiger charge is 2.59. The summed E-state index contributed by atoms with van der Waals surface area (Å²) in [4.78, 5) is 0. The van der Waals surface area contributed by atoms with E-state index in [1.54, 1.807) is 0 Å². The molecule has 0 bridgehead atoms. The smallest absolute Gasteiger partial charge is 0.0241 e. The van der Waals surface area contributed by atoms with Gasteiger partial charge >= 0.3 is 0 Å². The second-order valence-electron chi connectivity index (χ2n) is 8.89. The van der Waals surface area contributed by atoms with Crippen molar-refractivity contribution in [2.75, 3.05) is 0 Å². The fourth-order valence-corrected chi connectivity index (χ4v) is 4.66. The molecule has 5 atom stereocenters. The van der Waals surface area contributed by atoms with Gasteiger partial charge in [-0.1, -0.05) is 69.2 Å². The highest BCUT2D eigenvalue weighted by atomic mass is 14.6. The first kappa shape index (κ1) is 16.1. The predicted octanol–water partition coefficient (Wildman–Crippen LogP) is 6.01. The molecule has 0 spiro atoms. The monoisotopic (exact) mass is 252 g/mol. The Morgan fingerprint density at radius 3 is 1.72 bits per heavy atom. The van der Waals surface area contributed by atoms with Crippen molar-refractivity contribution in [1.82, 2.24) is 0 Å². The van der Waals surface area contributed by atoms with Gasteiger partial charge in [0.15, 0.2) is 0 Å². The summed E-state index contributed by atoms with van der Waals surface area (Å²) in [6.07, 6.45) is 1.38. The summed E-state index contributed by atoms with van der Waals surface area (Å²) in [7, 11) is 0. The Morgan fingerprint density at radius 1 is 1.00 bits per heavy atom. The van der Waals surface area contributed by atoms with E-state index in [-0.39, 0.29) is 0 Å². The first-order valence-corrected chi connectivity index (χ1v) is 7.89. The molecule has 1 aliphatic rings. The van der Waals surface area contributed by atoms with Crippen molar-refractivity contribution in [3.63, 3.8) is 0 Å². The van der Waals surface area contributed by atoms with Gasteiger partial charge in [-0.3, -0.25) is 0 Å². The van der Waals surface area contributed by atoms with E-state index >= 15 is 0 Å². The second kappa shape index (κ2) is 4.53. The lowest BCUT2D eigenvalue weighted by Gasteiger charge is -2.49. The van der Waals surface area contributed by atoms with Crippen LogP contribution in [0.15, 0.2) is 0 Å². The normalized spacial score (nSPS) is 43.5. The first-order chi connectivity index (χ1) is 7.89. The van der Waals surface area contributed by atoms with E-state index in [0.717, 1.165) is 23.7 Å². The summed E-state index contributed by atoms with van der Waals surface area (Å²) in [6, 6.07) is 0. The van der Waals surface area contributed by atoms with Crippen LogP contribution >= 0.6 is 0 Å². The van der Waals surface area contributed by atoms with Crippen LogP contribution in [-0.4, -0.2) is 0 Å². The summed E-state index contributed by atoms with van der Waals surface area (Å²) in [6.45, 7) is 24.7. The Labute approximate surface area is 116 Å². The molecular formula is C18H36. The third kappa shape index (κ3) is 2.04. The minimum absolute atomic E-state index is 0.398. The molecule has 18 heavy (non-hydrogen) atoms. The van der Waals surface area contributed by atoms with Gasteiger partial charge in [0.05, 0.1) is 0 Å². The van der Waals surface area contributed by atoms with Crippen LogP contribution in [0.5, 0.6) is 0 Å². The molecule has 0 aromatic rings. The van der Waals surface area contributed by atoms with Crippen LogP contribution < -0.4 is 0 Å². The molecule has 108 valence electrons. The summed E-state index contributed by atoms with van der Waals surface area (Å²) >= 11 is 0. The summed E-state index contributed by atoms with van der Waals surface area (Å²) in [5, 5.41) is 0. The number of hydrogen-bond acceptors (Lipinski definition) is 0. The molecule has 1 rings (SSSR count). The van der Waals surface area contributed by atoms with Gasteiger partial charge < -0.3 is 0 Å². The second-order valence-corrected chi connectivity index (χ2v) is 8.89. The standard InChI is InChI=1S/C18H36/c1-12(2)14(4)18(10)13(3)11-17(9,15(18)5)16(6,7)8/h12-15H,11H2,1-10H3. The molecule has 0 nitrogen and oxygen atoms in total. The SMILES string of the molecule is CC(C)C(C)C1(C)C(C)CC(C)(C(C)(C)C)C1C. The maximum atomic E-state index is 2.56. The first-order valence-electron chi connectivity index (χ1n) is 7.89. The molecule has 5 unspecified atom stereocenters. The minimum Gasteiger partial charge on any atom is -0.0625 e. The van der Waals surface area contributed by atoms with Gasteiger partial charge in [0.1, 0.15) is 0 Å². The molecule has 0 heterocycles. The molecule has 0 aliphatic heterocycles. The zero-order chi connectivity index (χ0) is 14.5. The van der Waals surface area contributed by atoms with E-state index < -0.39 is 0 Å². The third-order valence-electron chi connectivity index (χ3n) is 7.38. The minimum atomic E-state index is 0.398. The van der Waals surface area contributed by atoms with Crippen LogP contribution in [0.2, 0.25) is 0 Å². The maximum Gasteiger partial charge on any atom is -0.0241 e. The van der Waals surface area contributed by atoms with Crippen LogP contribution in [0, 0.1) is 39.9 Å². The average Bonchev–Trinajstić information content (AvgIpc) is 2.40. The molecule has 0 radical (unpaired) electrons. The van der Waals surface area contributed by atoms with E-state index in [9.17, 15) is 0 Å². The Morgan fingerprint density at radius 2 is 1.44 bits per heavy atom. The Balaban J connectivity index is 3.20. The van der Waals surface area contributed by atoms with Gasteiger partial charge in [0.25, 0.3) is 0 Å².